The molecule has 2 aliphatic rings. The highest BCUT2D eigenvalue weighted by molar-refractivity contribution is 5.90. The molecule has 8 nitrogen and oxygen atoms in total. The van der Waals surface area contributed by atoms with Crippen LogP contribution in [0, 0.1) is 0 Å². The number of amides is 3. The van der Waals surface area contributed by atoms with Crippen LogP contribution in [-0.2, 0) is 20.9 Å². The number of ether oxygens (including phenoxy) is 1. The van der Waals surface area contributed by atoms with E-state index in [1.807, 2.05) is 56.3 Å². The quantitative estimate of drug-likeness (QED) is 0.527. The topological polar surface area (TPSA) is 96.2 Å². The van der Waals surface area contributed by atoms with Crippen molar-refractivity contribution in [3.63, 3.8) is 0 Å². The van der Waals surface area contributed by atoms with Crippen LogP contribution in [0.3, 0.4) is 0 Å². The van der Waals surface area contributed by atoms with Crippen molar-refractivity contribution < 1.29 is 19.1 Å². The molecule has 2 N–H and O–H groups in total. The van der Waals surface area contributed by atoms with Gasteiger partial charge in [-0.25, -0.2) is 4.79 Å². The summed E-state index contributed by atoms with van der Waals surface area (Å²) < 4.78 is 5.45. The van der Waals surface area contributed by atoms with E-state index in [1.165, 1.54) is 0 Å². The lowest BCUT2D eigenvalue weighted by molar-refractivity contribution is -0.168. The molecule has 2 atom stereocenters. The standard InChI is InChI=1S/C24H34N4O4.C2H6.CH4/c1-2-3-4-8-16-32-24(31)27-15-13-22(29)28-20(12-9-14-25)23(30)26(18-21(27)28)17-19-10-6-5-7-11-19;1-2;/h4-8,10-11,20-21H,2-3,9,12-18,25H2,1H3;1-2H3;1H4/b8-4+;;. The Bertz CT molecular complexity index is 815. The average Bonchev–Trinajstić information content (AvgIpc) is 2.86. The van der Waals surface area contributed by atoms with Crippen molar-refractivity contribution in [2.45, 2.75) is 79.1 Å². The Hall–Kier alpha value is -2.87. The van der Waals surface area contributed by atoms with Gasteiger partial charge in [-0.3, -0.25) is 14.5 Å². The summed E-state index contributed by atoms with van der Waals surface area (Å²) in [6, 6.07) is 9.11. The predicted octanol–water partition coefficient (Wildman–Crippen LogP) is 4.15. The van der Waals surface area contributed by atoms with Crippen LogP contribution < -0.4 is 5.73 Å². The number of carbonyl (C=O) groups is 3. The fourth-order valence-corrected chi connectivity index (χ4v) is 4.28. The van der Waals surface area contributed by atoms with Crippen molar-refractivity contribution in [3.05, 3.63) is 48.0 Å². The Labute approximate surface area is 211 Å². The van der Waals surface area contributed by atoms with Crippen molar-refractivity contribution in [1.29, 1.82) is 0 Å². The predicted molar refractivity (Wildman–Crippen MR) is 139 cm³/mol. The van der Waals surface area contributed by atoms with Crippen LogP contribution in [0.1, 0.15) is 65.9 Å². The van der Waals surface area contributed by atoms with Crippen molar-refractivity contribution in [3.8, 4) is 0 Å². The molecular weight excluding hydrogens is 444 g/mol. The van der Waals surface area contributed by atoms with E-state index in [0.717, 1.165) is 18.4 Å². The number of rotatable bonds is 9. The Morgan fingerprint density at radius 3 is 2.54 bits per heavy atom. The maximum Gasteiger partial charge on any atom is 0.411 e. The van der Waals surface area contributed by atoms with E-state index in [1.54, 1.807) is 14.7 Å². The number of fused-ring (bicyclic) bond motifs is 1. The molecule has 0 aliphatic carbocycles. The van der Waals surface area contributed by atoms with Crippen LogP contribution in [0.25, 0.3) is 0 Å². The summed E-state index contributed by atoms with van der Waals surface area (Å²) in [6.45, 7) is 7.69. The van der Waals surface area contributed by atoms with Crippen molar-refractivity contribution in [1.82, 2.24) is 14.7 Å². The number of benzene rings is 1. The van der Waals surface area contributed by atoms with Gasteiger partial charge in [0, 0.05) is 19.5 Å². The van der Waals surface area contributed by atoms with E-state index < -0.39 is 18.3 Å². The van der Waals surface area contributed by atoms with Gasteiger partial charge >= 0.3 is 6.09 Å². The lowest BCUT2D eigenvalue weighted by Crippen LogP contribution is -2.71. The van der Waals surface area contributed by atoms with Crippen molar-refractivity contribution in [2.24, 2.45) is 5.73 Å². The van der Waals surface area contributed by atoms with Gasteiger partial charge < -0.3 is 20.3 Å². The maximum absolute atomic E-state index is 13.3. The van der Waals surface area contributed by atoms with Gasteiger partial charge in [0.25, 0.3) is 0 Å². The summed E-state index contributed by atoms with van der Waals surface area (Å²) in [4.78, 5) is 44.0. The molecule has 3 rings (SSSR count). The Balaban J connectivity index is 0.00000199. The molecule has 2 aliphatic heterocycles. The SMILES string of the molecule is C.CC.CCC/C=C/COC(=O)N1CCC(=O)N2C(CCCN)C(=O)N(Cc3ccccc3)CC12. The van der Waals surface area contributed by atoms with Crippen LogP contribution in [0.2, 0.25) is 0 Å². The number of unbranched alkanes of at least 4 members (excludes halogenated alkanes) is 1. The highest BCUT2D eigenvalue weighted by atomic mass is 16.6. The molecule has 0 spiro atoms. The van der Waals surface area contributed by atoms with Gasteiger partial charge in [0.1, 0.15) is 18.8 Å². The lowest BCUT2D eigenvalue weighted by Gasteiger charge is -2.51. The molecule has 8 heteroatoms. The molecule has 1 aromatic carbocycles. The minimum absolute atomic E-state index is 0. The summed E-state index contributed by atoms with van der Waals surface area (Å²) in [6.07, 6.45) is 6.09. The van der Waals surface area contributed by atoms with Gasteiger partial charge in [-0.05, 0) is 31.4 Å². The minimum Gasteiger partial charge on any atom is -0.445 e. The molecule has 0 radical (unpaired) electrons. The fraction of sp³-hybridized carbons (Fsp3) is 0.593. The fourth-order valence-electron chi connectivity index (χ4n) is 4.28. The summed E-state index contributed by atoms with van der Waals surface area (Å²) in [7, 11) is 0. The summed E-state index contributed by atoms with van der Waals surface area (Å²) in [5.74, 6) is -0.193. The third-order valence-corrected chi connectivity index (χ3v) is 5.91. The molecule has 2 unspecified atom stereocenters. The molecule has 2 saturated heterocycles. The van der Waals surface area contributed by atoms with Gasteiger partial charge in [-0.15, -0.1) is 0 Å². The molecular formula is C27H44N4O4. The van der Waals surface area contributed by atoms with Gasteiger partial charge in [0.05, 0.1) is 6.54 Å². The molecule has 0 saturated carbocycles. The number of nitrogens with zero attached hydrogens (tertiary/aromatic N) is 3. The van der Waals surface area contributed by atoms with Crippen LogP contribution >= 0.6 is 0 Å². The Morgan fingerprint density at radius 1 is 1.17 bits per heavy atom. The van der Waals surface area contributed by atoms with Crippen LogP contribution in [0.4, 0.5) is 4.79 Å². The highest BCUT2D eigenvalue weighted by Crippen LogP contribution is 2.29. The van der Waals surface area contributed by atoms with E-state index in [2.05, 4.69) is 6.92 Å². The maximum atomic E-state index is 13.3. The Kier molecular flexibility index (Phi) is 13.7. The summed E-state index contributed by atoms with van der Waals surface area (Å²) in [5, 5.41) is 0. The number of carbonyl (C=O) groups excluding carboxylic acids is 3. The first kappa shape index (κ1) is 30.2. The van der Waals surface area contributed by atoms with Gasteiger partial charge in [-0.1, -0.05) is 77.1 Å². The zero-order valence-electron chi connectivity index (χ0n) is 20.8. The Morgan fingerprint density at radius 2 is 1.89 bits per heavy atom. The molecule has 0 bridgehead atoms. The molecule has 196 valence electrons. The second-order valence-corrected chi connectivity index (χ2v) is 8.21. The smallest absolute Gasteiger partial charge is 0.411 e. The van der Waals surface area contributed by atoms with E-state index >= 15 is 0 Å². The van der Waals surface area contributed by atoms with Gasteiger partial charge in [0.2, 0.25) is 11.8 Å². The average molecular weight is 489 g/mol. The molecule has 3 amide bonds. The number of nitrogens with two attached hydrogens (primary N) is 1. The van der Waals surface area contributed by atoms with Crippen molar-refractivity contribution >= 4 is 17.9 Å². The second kappa shape index (κ2) is 15.9. The normalized spacial score (nSPS) is 19.6. The van der Waals surface area contributed by atoms with E-state index in [-0.39, 0.29) is 45.4 Å². The molecule has 1 aromatic rings. The first-order valence-electron chi connectivity index (χ1n) is 12.5. The first-order valence-corrected chi connectivity index (χ1v) is 12.5. The van der Waals surface area contributed by atoms with Gasteiger partial charge in [-0.2, -0.15) is 0 Å². The molecule has 35 heavy (non-hydrogen) atoms. The number of allylic oxidation sites excluding steroid dienone is 1. The van der Waals surface area contributed by atoms with Crippen LogP contribution in [0.5, 0.6) is 0 Å². The lowest BCUT2D eigenvalue weighted by atomic mass is 9.99. The van der Waals surface area contributed by atoms with Crippen molar-refractivity contribution in [2.75, 3.05) is 26.2 Å². The number of hydrogen-bond donors (Lipinski definition) is 1. The molecule has 2 fully saturated rings. The van der Waals surface area contributed by atoms with Crippen LogP contribution in [0.15, 0.2) is 42.5 Å². The van der Waals surface area contributed by atoms with Gasteiger partial charge in [0.15, 0.2) is 0 Å². The summed E-state index contributed by atoms with van der Waals surface area (Å²) in [5.41, 5.74) is 6.70. The highest BCUT2D eigenvalue weighted by Gasteiger charge is 2.48. The third-order valence-electron chi connectivity index (χ3n) is 5.91. The minimum atomic E-state index is -0.617. The zero-order chi connectivity index (χ0) is 24.9. The summed E-state index contributed by atoms with van der Waals surface area (Å²) >= 11 is 0. The van der Waals surface area contributed by atoms with E-state index in [4.69, 9.17) is 10.5 Å². The number of piperazine rings is 1. The number of hydrogen-bond acceptors (Lipinski definition) is 5. The third kappa shape index (κ3) is 8.09. The zero-order valence-corrected chi connectivity index (χ0v) is 20.8. The monoisotopic (exact) mass is 488 g/mol. The molecule has 2 heterocycles. The van der Waals surface area contributed by atoms with E-state index in [0.29, 0.717) is 25.9 Å². The molecule has 0 aromatic heterocycles. The second-order valence-electron chi connectivity index (χ2n) is 8.21. The van der Waals surface area contributed by atoms with E-state index in [9.17, 15) is 14.4 Å². The first-order chi connectivity index (χ1) is 16.6. The van der Waals surface area contributed by atoms with Crippen LogP contribution in [-0.4, -0.2) is 71.1 Å². The largest absolute Gasteiger partial charge is 0.445 e.